The molecule has 1 aromatic heterocycles. The van der Waals surface area contributed by atoms with E-state index >= 15 is 0 Å². The van der Waals surface area contributed by atoms with Crippen LogP contribution < -0.4 is 20.9 Å². The first-order valence-electron chi connectivity index (χ1n) is 8.65. The summed E-state index contributed by atoms with van der Waals surface area (Å²) in [4.78, 5) is 22.9. The summed E-state index contributed by atoms with van der Waals surface area (Å²) in [6.45, 7) is 7.23. The average Bonchev–Trinajstić information content (AvgIpc) is 2.64. The van der Waals surface area contributed by atoms with E-state index in [-0.39, 0.29) is 24.5 Å². The zero-order valence-corrected chi connectivity index (χ0v) is 15.3. The van der Waals surface area contributed by atoms with Crippen molar-refractivity contribution < 1.29 is 9.53 Å². The van der Waals surface area contributed by atoms with E-state index in [1.807, 2.05) is 6.92 Å². The van der Waals surface area contributed by atoms with E-state index < -0.39 is 0 Å². The molecular formula is C16H27ClN6O2. The van der Waals surface area contributed by atoms with Crippen LogP contribution in [-0.4, -0.2) is 61.4 Å². The molecule has 2 aliphatic rings. The lowest BCUT2D eigenvalue weighted by atomic mass is 9.95. The largest absolute Gasteiger partial charge is 0.381 e. The minimum atomic E-state index is -0.230. The number of ether oxygens (including phenoxy) is 1. The number of aromatic nitrogens is 2. The Morgan fingerprint density at radius 3 is 2.72 bits per heavy atom. The smallest absolute Gasteiger partial charge is 0.319 e. The molecule has 3 heterocycles. The predicted molar refractivity (Wildman–Crippen MR) is 99.5 cm³/mol. The van der Waals surface area contributed by atoms with Gasteiger partial charge in [0.05, 0.1) is 24.7 Å². The molecule has 2 unspecified atom stereocenters. The average molecular weight is 371 g/mol. The minimum absolute atomic E-state index is 0. The van der Waals surface area contributed by atoms with Crippen LogP contribution in [0.1, 0.15) is 19.8 Å². The first-order valence-corrected chi connectivity index (χ1v) is 8.65. The lowest BCUT2D eigenvalue weighted by Gasteiger charge is -2.28. The maximum absolute atomic E-state index is 12.1. The zero-order valence-electron chi connectivity index (χ0n) is 14.5. The number of urea groups is 1. The lowest BCUT2D eigenvalue weighted by molar-refractivity contribution is 0.0438. The fourth-order valence-corrected chi connectivity index (χ4v) is 3.07. The highest BCUT2D eigenvalue weighted by molar-refractivity contribution is 5.89. The van der Waals surface area contributed by atoms with Gasteiger partial charge in [-0.2, -0.15) is 0 Å². The van der Waals surface area contributed by atoms with E-state index in [1.54, 1.807) is 12.4 Å². The maximum Gasteiger partial charge on any atom is 0.319 e. The molecule has 2 fully saturated rings. The molecule has 2 amide bonds. The Morgan fingerprint density at radius 1 is 1.36 bits per heavy atom. The molecule has 140 valence electrons. The number of halogens is 1. The van der Waals surface area contributed by atoms with Crippen molar-refractivity contribution in [3.05, 3.63) is 12.4 Å². The van der Waals surface area contributed by atoms with Crippen LogP contribution in [-0.2, 0) is 4.74 Å². The maximum atomic E-state index is 12.1. The number of carbonyl (C=O) groups is 1. The normalized spacial score (nSPS) is 21.8. The Hall–Kier alpha value is -1.64. The first kappa shape index (κ1) is 19.7. The molecule has 9 heteroatoms. The fourth-order valence-electron chi connectivity index (χ4n) is 3.07. The Morgan fingerprint density at radius 2 is 2.08 bits per heavy atom. The van der Waals surface area contributed by atoms with Gasteiger partial charge in [-0.3, -0.25) is 0 Å². The second-order valence-corrected chi connectivity index (χ2v) is 6.37. The Bertz CT molecular complexity index is 532. The Balaban J connectivity index is 0.00000225. The quantitative estimate of drug-likeness (QED) is 0.738. The Kier molecular flexibility index (Phi) is 7.67. The number of anilines is 2. The van der Waals surface area contributed by atoms with Gasteiger partial charge in [0.1, 0.15) is 0 Å². The summed E-state index contributed by atoms with van der Waals surface area (Å²) in [7, 11) is 0. The summed E-state index contributed by atoms with van der Waals surface area (Å²) in [5, 5.41) is 9.06. The van der Waals surface area contributed by atoms with E-state index in [9.17, 15) is 4.79 Å². The van der Waals surface area contributed by atoms with Crippen molar-refractivity contribution >= 4 is 30.1 Å². The van der Waals surface area contributed by atoms with Crippen molar-refractivity contribution in [2.45, 2.75) is 25.8 Å². The number of carbonyl (C=O) groups excluding carboxylic acids is 1. The third kappa shape index (κ3) is 5.69. The van der Waals surface area contributed by atoms with E-state index in [2.05, 4.69) is 30.8 Å². The van der Waals surface area contributed by atoms with Crippen LogP contribution in [0.5, 0.6) is 0 Å². The van der Waals surface area contributed by atoms with Gasteiger partial charge in [-0.1, -0.05) is 0 Å². The number of amides is 2. The fraction of sp³-hybridized carbons (Fsp3) is 0.688. The molecule has 0 aromatic carbocycles. The van der Waals surface area contributed by atoms with E-state index in [1.165, 1.54) is 0 Å². The number of hydrogen-bond acceptors (Lipinski definition) is 6. The molecule has 0 aliphatic carbocycles. The van der Waals surface area contributed by atoms with Crippen molar-refractivity contribution in [2.24, 2.45) is 5.92 Å². The molecule has 3 N–H and O–H groups in total. The van der Waals surface area contributed by atoms with Crippen LogP contribution in [0.4, 0.5) is 16.4 Å². The SMILES string of the molecule is CC(NC(=O)Nc1cnc(N2CCNCC2)nc1)C1CCCOC1.Cl. The van der Waals surface area contributed by atoms with E-state index in [4.69, 9.17) is 4.74 Å². The summed E-state index contributed by atoms with van der Waals surface area (Å²) < 4.78 is 5.47. The highest BCUT2D eigenvalue weighted by Crippen LogP contribution is 2.17. The topological polar surface area (TPSA) is 91.4 Å². The summed E-state index contributed by atoms with van der Waals surface area (Å²) in [6.07, 6.45) is 5.44. The summed E-state index contributed by atoms with van der Waals surface area (Å²) in [5.41, 5.74) is 0.596. The second-order valence-electron chi connectivity index (χ2n) is 6.37. The molecule has 2 aliphatic heterocycles. The van der Waals surface area contributed by atoms with Gasteiger partial charge in [0, 0.05) is 44.7 Å². The molecular weight excluding hydrogens is 344 g/mol. The molecule has 2 saturated heterocycles. The van der Waals surface area contributed by atoms with Crippen LogP contribution >= 0.6 is 12.4 Å². The van der Waals surface area contributed by atoms with Crippen LogP contribution in [0, 0.1) is 5.92 Å². The van der Waals surface area contributed by atoms with Gasteiger partial charge in [0.2, 0.25) is 5.95 Å². The molecule has 25 heavy (non-hydrogen) atoms. The molecule has 8 nitrogen and oxygen atoms in total. The number of rotatable bonds is 4. The number of nitrogens with zero attached hydrogens (tertiary/aromatic N) is 3. The highest BCUT2D eigenvalue weighted by Gasteiger charge is 2.22. The summed E-state index contributed by atoms with van der Waals surface area (Å²) >= 11 is 0. The molecule has 0 bridgehead atoms. The molecule has 3 rings (SSSR count). The summed E-state index contributed by atoms with van der Waals surface area (Å²) in [6, 6.07) is -0.155. The summed E-state index contributed by atoms with van der Waals surface area (Å²) in [5.74, 6) is 1.08. The van der Waals surface area contributed by atoms with Crippen LogP contribution in [0.25, 0.3) is 0 Å². The van der Waals surface area contributed by atoms with Gasteiger partial charge in [0.15, 0.2) is 0 Å². The molecule has 0 spiro atoms. The molecule has 2 atom stereocenters. The zero-order chi connectivity index (χ0) is 16.8. The number of hydrogen-bond donors (Lipinski definition) is 3. The van der Waals surface area contributed by atoms with Crippen molar-refractivity contribution in [1.29, 1.82) is 0 Å². The van der Waals surface area contributed by atoms with Crippen molar-refractivity contribution in [2.75, 3.05) is 49.6 Å². The van der Waals surface area contributed by atoms with Crippen LogP contribution in [0.2, 0.25) is 0 Å². The number of nitrogens with one attached hydrogen (secondary N) is 3. The minimum Gasteiger partial charge on any atom is -0.381 e. The van der Waals surface area contributed by atoms with Gasteiger partial charge in [-0.25, -0.2) is 14.8 Å². The number of piperazine rings is 1. The third-order valence-corrected chi connectivity index (χ3v) is 4.56. The first-order chi connectivity index (χ1) is 11.7. The van der Waals surface area contributed by atoms with Crippen LogP contribution in [0.15, 0.2) is 12.4 Å². The monoisotopic (exact) mass is 370 g/mol. The van der Waals surface area contributed by atoms with Crippen molar-refractivity contribution in [1.82, 2.24) is 20.6 Å². The third-order valence-electron chi connectivity index (χ3n) is 4.56. The second kappa shape index (κ2) is 9.74. The van der Waals surface area contributed by atoms with Crippen molar-refractivity contribution in [3.8, 4) is 0 Å². The van der Waals surface area contributed by atoms with Crippen molar-refractivity contribution in [3.63, 3.8) is 0 Å². The van der Waals surface area contributed by atoms with E-state index in [0.717, 1.165) is 45.6 Å². The standard InChI is InChI=1S/C16H26N6O2.ClH/c1-12(13-3-2-8-24-11-13)20-16(23)21-14-9-18-15(19-10-14)22-6-4-17-5-7-22;/h9-10,12-13,17H,2-8,11H2,1H3,(H2,20,21,23);1H. The molecule has 0 saturated carbocycles. The van der Waals surface area contributed by atoms with Gasteiger partial charge in [0.25, 0.3) is 0 Å². The Labute approximate surface area is 154 Å². The van der Waals surface area contributed by atoms with Gasteiger partial charge < -0.3 is 25.6 Å². The lowest BCUT2D eigenvalue weighted by Crippen LogP contribution is -2.44. The van der Waals surface area contributed by atoms with Gasteiger partial charge in [-0.05, 0) is 19.8 Å². The molecule has 0 radical (unpaired) electrons. The molecule has 1 aromatic rings. The highest BCUT2D eigenvalue weighted by atomic mass is 35.5. The van der Waals surface area contributed by atoms with E-state index in [0.29, 0.717) is 24.2 Å². The predicted octanol–water partition coefficient (Wildman–Crippen LogP) is 1.24. The van der Waals surface area contributed by atoms with Gasteiger partial charge >= 0.3 is 6.03 Å². The van der Waals surface area contributed by atoms with Gasteiger partial charge in [-0.15, -0.1) is 12.4 Å². The van der Waals surface area contributed by atoms with Crippen LogP contribution in [0.3, 0.4) is 0 Å².